The van der Waals surface area contributed by atoms with E-state index in [0.717, 1.165) is 23.4 Å². The van der Waals surface area contributed by atoms with E-state index in [1.807, 2.05) is 37.3 Å². The molecule has 0 saturated carbocycles. The lowest BCUT2D eigenvalue weighted by Crippen LogP contribution is -2.27. The minimum atomic E-state index is -0.669. The third kappa shape index (κ3) is 4.13. The molecule has 0 bridgehead atoms. The molecule has 0 amide bonds. The number of benzene rings is 1. The lowest BCUT2D eigenvalue weighted by molar-refractivity contribution is 0.0518. The summed E-state index contributed by atoms with van der Waals surface area (Å²) in [4.78, 5) is 1.33. The van der Waals surface area contributed by atoms with Crippen LogP contribution < -0.4 is 0 Å². The second-order valence-electron chi connectivity index (χ2n) is 4.88. The Hall–Kier alpha value is -0.830. The summed E-state index contributed by atoms with van der Waals surface area (Å²) in [5, 5.41) is 13.2. The fourth-order valence-corrected chi connectivity index (χ4v) is 2.81. The van der Waals surface area contributed by atoms with Crippen molar-refractivity contribution >= 4 is 22.9 Å². The molecule has 0 aliphatic rings. The van der Waals surface area contributed by atoms with Gasteiger partial charge in [-0.15, -0.1) is 11.3 Å². The summed E-state index contributed by atoms with van der Waals surface area (Å²) in [6, 6.07) is 11.8. The van der Waals surface area contributed by atoms with Crippen LogP contribution in [0.3, 0.4) is 0 Å². The van der Waals surface area contributed by atoms with Crippen LogP contribution in [-0.2, 0) is 12.8 Å². The lowest BCUT2D eigenvalue weighted by atomic mass is 9.91. The van der Waals surface area contributed by atoms with Gasteiger partial charge in [0, 0.05) is 16.3 Å². The van der Waals surface area contributed by atoms with E-state index in [2.05, 4.69) is 11.4 Å². The molecule has 0 saturated heterocycles. The molecule has 1 heterocycles. The molecule has 2 rings (SSSR count). The average molecular weight is 281 g/mol. The molecule has 3 heteroatoms. The maximum atomic E-state index is 10.4. The van der Waals surface area contributed by atoms with Crippen LogP contribution in [0.2, 0.25) is 5.02 Å². The Labute approximate surface area is 117 Å². The second kappa shape index (κ2) is 5.87. The van der Waals surface area contributed by atoms with E-state index in [0.29, 0.717) is 6.42 Å². The first-order valence-electron chi connectivity index (χ1n) is 6.04. The highest BCUT2D eigenvalue weighted by Gasteiger charge is 2.20. The minimum absolute atomic E-state index is 0.662. The standard InChI is InChI=1S/C15H17ClOS/c1-15(17,9-8-14-3-2-10-18-14)11-12-4-6-13(16)7-5-12/h2-7,10,17H,8-9,11H2,1H3. The van der Waals surface area contributed by atoms with E-state index in [1.165, 1.54) is 4.88 Å². The summed E-state index contributed by atoms with van der Waals surface area (Å²) in [5.74, 6) is 0. The topological polar surface area (TPSA) is 20.2 Å². The van der Waals surface area contributed by atoms with Gasteiger partial charge in [0.25, 0.3) is 0 Å². The van der Waals surface area contributed by atoms with Crippen molar-refractivity contribution in [2.75, 3.05) is 0 Å². The van der Waals surface area contributed by atoms with Crippen molar-refractivity contribution in [3.05, 3.63) is 57.2 Å². The Morgan fingerprint density at radius 3 is 2.56 bits per heavy atom. The highest BCUT2D eigenvalue weighted by molar-refractivity contribution is 7.09. The van der Waals surface area contributed by atoms with Crippen LogP contribution in [0.5, 0.6) is 0 Å². The van der Waals surface area contributed by atoms with Crippen molar-refractivity contribution in [2.45, 2.75) is 31.8 Å². The summed E-state index contributed by atoms with van der Waals surface area (Å²) in [5.41, 5.74) is 0.452. The van der Waals surface area contributed by atoms with E-state index >= 15 is 0 Å². The summed E-state index contributed by atoms with van der Waals surface area (Å²) in [6.07, 6.45) is 2.37. The van der Waals surface area contributed by atoms with Crippen LogP contribution >= 0.6 is 22.9 Å². The Balaban J connectivity index is 1.92. The van der Waals surface area contributed by atoms with E-state index in [1.54, 1.807) is 11.3 Å². The fourth-order valence-electron chi connectivity index (χ4n) is 1.98. The molecule has 0 aliphatic carbocycles. The fraction of sp³-hybridized carbons (Fsp3) is 0.333. The van der Waals surface area contributed by atoms with Crippen molar-refractivity contribution in [3.63, 3.8) is 0 Å². The predicted octanol–water partition coefficient (Wildman–Crippen LogP) is 4.33. The monoisotopic (exact) mass is 280 g/mol. The normalized spacial score (nSPS) is 14.4. The largest absolute Gasteiger partial charge is 0.390 e. The second-order valence-corrected chi connectivity index (χ2v) is 6.35. The molecule has 18 heavy (non-hydrogen) atoms. The number of rotatable bonds is 5. The third-order valence-electron chi connectivity index (χ3n) is 2.99. The number of aliphatic hydroxyl groups is 1. The van der Waals surface area contributed by atoms with Crippen molar-refractivity contribution in [3.8, 4) is 0 Å². The Morgan fingerprint density at radius 2 is 1.94 bits per heavy atom. The predicted molar refractivity (Wildman–Crippen MR) is 78.4 cm³/mol. The molecule has 0 aliphatic heterocycles. The van der Waals surface area contributed by atoms with Crippen LogP contribution in [0.4, 0.5) is 0 Å². The number of hydrogen-bond donors (Lipinski definition) is 1. The third-order valence-corrected chi connectivity index (χ3v) is 4.18. The van der Waals surface area contributed by atoms with Crippen LogP contribution in [0.25, 0.3) is 0 Å². The first-order chi connectivity index (χ1) is 8.55. The van der Waals surface area contributed by atoms with Crippen LogP contribution in [0, 0.1) is 0 Å². The molecule has 0 spiro atoms. The van der Waals surface area contributed by atoms with Gasteiger partial charge in [-0.25, -0.2) is 0 Å². The molecule has 1 aromatic heterocycles. The van der Waals surface area contributed by atoms with E-state index < -0.39 is 5.60 Å². The molecule has 96 valence electrons. The Bertz CT molecular complexity index is 474. The average Bonchev–Trinajstić information content (AvgIpc) is 2.83. The van der Waals surface area contributed by atoms with Crippen molar-refractivity contribution in [1.82, 2.24) is 0 Å². The van der Waals surface area contributed by atoms with Gasteiger partial charge in [0.05, 0.1) is 5.60 Å². The molecule has 2 aromatic rings. The molecule has 1 aromatic carbocycles. The summed E-state index contributed by atoms with van der Waals surface area (Å²) in [7, 11) is 0. The van der Waals surface area contributed by atoms with Gasteiger partial charge in [-0.2, -0.15) is 0 Å². The lowest BCUT2D eigenvalue weighted by Gasteiger charge is -2.23. The minimum Gasteiger partial charge on any atom is -0.390 e. The Morgan fingerprint density at radius 1 is 1.22 bits per heavy atom. The molecular weight excluding hydrogens is 264 g/mol. The van der Waals surface area contributed by atoms with Crippen LogP contribution in [-0.4, -0.2) is 10.7 Å². The van der Waals surface area contributed by atoms with Crippen LogP contribution in [0.1, 0.15) is 23.8 Å². The number of thiophene rings is 1. The van der Waals surface area contributed by atoms with Gasteiger partial charge < -0.3 is 5.11 Å². The van der Waals surface area contributed by atoms with Crippen molar-refractivity contribution in [1.29, 1.82) is 0 Å². The molecule has 1 atom stereocenters. The summed E-state index contributed by atoms with van der Waals surface area (Å²) >= 11 is 7.59. The van der Waals surface area contributed by atoms with Gasteiger partial charge in [0.2, 0.25) is 0 Å². The summed E-state index contributed by atoms with van der Waals surface area (Å²) in [6.45, 7) is 1.90. The zero-order chi connectivity index (χ0) is 13.0. The van der Waals surface area contributed by atoms with Gasteiger partial charge in [-0.05, 0) is 48.9 Å². The molecule has 1 nitrogen and oxygen atoms in total. The van der Waals surface area contributed by atoms with Gasteiger partial charge in [-0.1, -0.05) is 29.8 Å². The molecule has 1 unspecified atom stereocenters. The number of aryl methyl sites for hydroxylation is 1. The zero-order valence-corrected chi connectivity index (χ0v) is 12.0. The molecule has 0 radical (unpaired) electrons. The van der Waals surface area contributed by atoms with Gasteiger partial charge in [-0.3, -0.25) is 0 Å². The SMILES string of the molecule is CC(O)(CCc1cccs1)Cc1ccc(Cl)cc1. The smallest absolute Gasteiger partial charge is 0.0663 e. The first kappa shape index (κ1) is 13.6. The van der Waals surface area contributed by atoms with Gasteiger partial charge in [0.15, 0.2) is 0 Å². The van der Waals surface area contributed by atoms with Gasteiger partial charge >= 0.3 is 0 Å². The van der Waals surface area contributed by atoms with E-state index in [-0.39, 0.29) is 0 Å². The van der Waals surface area contributed by atoms with E-state index in [9.17, 15) is 5.11 Å². The highest BCUT2D eigenvalue weighted by atomic mass is 35.5. The van der Waals surface area contributed by atoms with Crippen molar-refractivity contribution < 1.29 is 5.11 Å². The maximum absolute atomic E-state index is 10.4. The number of hydrogen-bond acceptors (Lipinski definition) is 2. The quantitative estimate of drug-likeness (QED) is 0.864. The summed E-state index contributed by atoms with van der Waals surface area (Å²) < 4.78 is 0. The highest BCUT2D eigenvalue weighted by Crippen LogP contribution is 2.22. The number of halogens is 1. The van der Waals surface area contributed by atoms with Crippen LogP contribution in [0.15, 0.2) is 41.8 Å². The van der Waals surface area contributed by atoms with Crippen molar-refractivity contribution in [2.24, 2.45) is 0 Å². The zero-order valence-electron chi connectivity index (χ0n) is 10.4. The van der Waals surface area contributed by atoms with Gasteiger partial charge in [0.1, 0.15) is 0 Å². The molecule has 0 fully saturated rings. The Kier molecular flexibility index (Phi) is 4.44. The molecular formula is C15H17ClOS. The van der Waals surface area contributed by atoms with E-state index in [4.69, 9.17) is 11.6 Å². The maximum Gasteiger partial charge on any atom is 0.0663 e. The molecule has 1 N–H and O–H groups in total. The first-order valence-corrected chi connectivity index (χ1v) is 7.30.